The Morgan fingerprint density at radius 2 is 1.49 bits per heavy atom. The van der Waals surface area contributed by atoms with Crippen molar-refractivity contribution in [3.63, 3.8) is 0 Å². The molecule has 0 unspecified atom stereocenters. The Balaban J connectivity index is 1.64. The number of nitrogens with zero attached hydrogens (tertiary/aromatic N) is 2. The molecule has 202 valence electrons. The Kier molecular flexibility index (Phi) is 7.65. The number of aliphatic hydroxyl groups excluding tert-OH is 1. The van der Waals surface area contributed by atoms with E-state index in [0.717, 1.165) is 16.7 Å². The smallest absolute Gasteiger partial charge is 0.351 e. The van der Waals surface area contributed by atoms with Gasteiger partial charge in [0.2, 0.25) is 0 Å². The highest BCUT2D eigenvalue weighted by Gasteiger charge is 2.46. The Hall–Kier alpha value is -4.18. The standard InChI is InChI=1S/C30H31N3O6/c1-36-23-12-8-21(9-13-23)30(20-6-4-3-5-7-20,22-10-14-24(37-2)15-11-22)39-25-18-28(38-26(25)19-34)33-17-16-27(31)32-29(33)35/h3-17,25-26,28,34H,18-19H2,1-2H3,(H2,31,32,35)/t25-,26+,28+/m0/s1. The van der Waals surface area contributed by atoms with Gasteiger partial charge in [-0.15, -0.1) is 0 Å². The maximum absolute atomic E-state index is 12.6. The minimum absolute atomic E-state index is 0.128. The molecule has 3 atom stereocenters. The maximum atomic E-state index is 12.6. The van der Waals surface area contributed by atoms with Crippen LogP contribution in [0.5, 0.6) is 11.5 Å². The summed E-state index contributed by atoms with van der Waals surface area (Å²) in [4.78, 5) is 16.4. The first kappa shape index (κ1) is 26.4. The summed E-state index contributed by atoms with van der Waals surface area (Å²) in [6.07, 6.45) is -0.123. The van der Waals surface area contributed by atoms with Gasteiger partial charge >= 0.3 is 5.69 Å². The molecule has 9 nitrogen and oxygen atoms in total. The predicted molar refractivity (Wildman–Crippen MR) is 146 cm³/mol. The molecule has 5 rings (SSSR count). The molecule has 0 radical (unpaired) electrons. The lowest BCUT2D eigenvalue weighted by Crippen LogP contribution is -2.40. The second-order valence-electron chi connectivity index (χ2n) is 9.25. The molecule has 2 heterocycles. The second-order valence-corrected chi connectivity index (χ2v) is 9.25. The molecule has 3 N–H and O–H groups in total. The van der Waals surface area contributed by atoms with Gasteiger partial charge in [-0.3, -0.25) is 4.57 Å². The van der Waals surface area contributed by atoms with Crippen molar-refractivity contribution in [3.05, 3.63) is 118 Å². The third-order valence-corrected chi connectivity index (χ3v) is 7.02. The van der Waals surface area contributed by atoms with Crippen LogP contribution in [0.1, 0.15) is 29.3 Å². The van der Waals surface area contributed by atoms with Gasteiger partial charge in [-0.2, -0.15) is 4.98 Å². The molecule has 0 aliphatic carbocycles. The van der Waals surface area contributed by atoms with Gasteiger partial charge in [-0.25, -0.2) is 4.79 Å². The Morgan fingerprint density at radius 1 is 0.923 bits per heavy atom. The van der Waals surface area contributed by atoms with Crippen molar-refractivity contribution in [3.8, 4) is 11.5 Å². The predicted octanol–water partition coefficient (Wildman–Crippen LogP) is 3.50. The third-order valence-electron chi connectivity index (χ3n) is 7.02. The molecule has 0 saturated carbocycles. The Bertz CT molecular complexity index is 1390. The zero-order valence-electron chi connectivity index (χ0n) is 21.8. The third kappa shape index (κ3) is 5.12. The van der Waals surface area contributed by atoms with Gasteiger partial charge in [0.15, 0.2) is 0 Å². The van der Waals surface area contributed by atoms with Crippen LogP contribution in [0.2, 0.25) is 0 Å². The van der Waals surface area contributed by atoms with Crippen molar-refractivity contribution < 1.29 is 24.1 Å². The normalized spacial score (nSPS) is 19.1. The summed E-state index contributed by atoms with van der Waals surface area (Å²) in [5, 5.41) is 10.3. The molecule has 1 saturated heterocycles. The van der Waals surface area contributed by atoms with Gasteiger partial charge < -0.3 is 29.8 Å². The largest absolute Gasteiger partial charge is 0.497 e. The van der Waals surface area contributed by atoms with E-state index in [1.807, 2.05) is 78.9 Å². The van der Waals surface area contributed by atoms with Crippen molar-refractivity contribution in [2.45, 2.75) is 30.5 Å². The van der Waals surface area contributed by atoms with Gasteiger partial charge in [0.05, 0.1) is 26.9 Å². The van der Waals surface area contributed by atoms with Crippen LogP contribution in [0, 0.1) is 0 Å². The molecular formula is C30H31N3O6. The first-order chi connectivity index (χ1) is 19.0. The average molecular weight is 530 g/mol. The number of rotatable bonds is 9. The topological polar surface area (TPSA) is 118 Å². The number of ether oxygens (including phenoxy) is 4. The summed E-state index contributed by atoms with van der Waals surface area (Å²) in [5.74, 6) is 1.55. The van der Waals surface area contributed by atoms with E-state index >= 15 is 0 Å². The first-order valence-corrected chi connectivity index (χ1v) is 12.6. The van der Waals surface area contributed by atoms with Crippen LogP contribution < -0.4 is 20.9 Å². The van der Waals surface area contributed by atoms with E-state index in [1.165, 1.54) is 10.6 Å². The van der Waals surface area contributed by atoms with E-state index in [2.05, 4.69) is 4.98 Å². The summed E-state index contributed by atoms with van der Waals surface area (Å²) >= 11 is 0. The van der Waals surface area contributed by atoms with Crippen molar-refractivity contribution >= 4 is 5.82 Å². The fourth-order valence-electron chi connectivity index (χ4n) is 5.06. The zero-order valence-corrected chi connectivity index (χ0v) is 21.8. The van der Waals surface area contributed by atoms with Crippen molar-refractivity contribution in [1.82, 2.24) is 9.55 Å². The number of benzene rings is 3. The van der Waals surface area contributed by atoms with E-state index in [9.17, 15) is 9.90 Å². The zero-order chi connectivity index (χ0) is 27.4. The molecule has 1 aromatic heterocycles. The summed E-state index contributed by atoms with van der Waals surface area (Å²) in [5.41, 5.74) is 6.64. The van der Waals surface area contributed by atoms with E-state index in [4.69, 9.17) is 24.7 Å². The first-order valence-electron chi connectivity index (χ1n) is 12.6. The van der Waals surface area contributed by atoms with Gasteiger partial charge in [0.1, 0.15) is 35.2 Å². The molecule has 4 aromatic rings. The molecule has 1 aliphatic rings. The number of hydrogen-bond donors (Lipinski definition) is 2. The molecule has 0 spiro atoms. The molecule has 0 amide bonds. The number of methoxy groups -OCH3 is 2. The molecule has 9 heteroatoms. The van der Waals surface area contributed by atoms with E-state index < -0.39 is 29.7 Å². The van der Waals surface area contributed by atoms with Crippen molar-refractivity contribution in [2.75, 3.05) is 26.6 Å². The van der Waals surface area contributed by atoms with E-state index in [0.29, 0.717) is 17.9 Å². The number of aromatic nitrogens is 2. The maximum Gasteiger partial charge on any atom is 0.351 e. The molecular weight excluding hydrogens is 498 g/mol. The highest BCUT2D eigenvalue weighted by Crippen LogP contribution is 2.45. The van der Waals surface area contributed by atoms with Crippen molar-refractivity contribution in [1.29, 1.82) is 0 Å². The second kappa shape index (κ2) is 11.3. The number of nitrogens with two attached hydrogens (primary N) is 1. The van der Waals surface area contributed by atoms with Gasteiger partial charge in [0.25, 0.3) is 0 Å². The summed E-state index contributed by atoms with van der Waals surface area (Å²) in [6.45, 7) is -0.297. The van der Waals surface area contributed by atoms with Crippen LogP contribution in [0.4, 0.5) is 5.82 Å². The van der Waals surface area contributed by atoms with Gasteiger partial charge in [0, 0.05) is 12.6 Å². The number of hydrogen-bond acceptors (Lipinski definition) is 8. The monoisotopic (exact) mass is 529 g/mol. The quantitative estimate of drug-likeness (QED) is 0.317. The lowest BCUT2D eigenvalue weighted by atomic mass is 9.79. The van der Waals surface area contributed by atoms with Crippen LogP contribution in [0.15, 0.2) is 95.9 Å². The number of aliphatic hydroxyl groups is 1. The molecule has 0 bridgehead atoms. The summed E-state index contributed by atoms with van der Waals surface area (Å²) in [7, 11) is 3.24. The van der Waals surface area contributed by atoms with Gasteiger partial charge in [-0.1, -0.05) is 54.6 Å². The molecule has 3 aromatic carbocycles. The van der Waals surface area contributed by atoms with Crippen LogP contribution in [0.25, 0.3) is 0 Å². The fraction of sp³-hybridized carbons (Fsp3) is 0.267. The minimum Gasteiger partial charge on any atom is -0.497 e. The number of nitrogen functional groups attached to an aromatic ring is 1. The van der Waals surface area contributed by atoms with E-state index in [1.54, 1.807) is 20.4 Å². The molecule has 1 fully saturated rings. The van der Waals surface area contributed by atoms with Crippen LogP contribution in [-0.4, -0.2) is 47.7 Å². The van der Waals surface area contributed by atoms with Gasteiger partial charge in [-0.05, 0) is 47.0 Å². The Labute approximate surface area is 226 Å². The van der Waals surface area contributed by atoms with Crippen LogP contribution in [0.3, 0.4) is 0 Å². The minimum atomic E-state index is -1.10. The number of anilines is 1. The lowest BCUT2D eigenvalue weighted by molar-refractivity contribution is -0.0994. The van der Waals surface area contributed by atoms with E-state index in [-0.39, 0.29) is 12.4 Å². The summed E-state index contributed by atoms with van der Waals surface area (Å²) in [6, 6.07) is 26.8. The lowest BCUT2D eigenvalue weighted by Gasteiger charge is -2.39. The van der Waals surface area contributed by atoms with Crippen LogP contribution in [-0.2, 0) is 15.1 Å². The summed E-state index contributed by atoms with van der Waals surface area (Å²) < 4.78 is 25.4. The Morgan fingerprint density at radius 3 is 2.00 bits per heavy atom. The average Bonchev–Trinajstić information content (AvgIpc) is 3.38. The fourth-order valence-corrected chi connectivity index (χ4v) is 5.06. The van der Waals surface area contributed by atoms with Crippen molar-refractivity contribution in [2.24, 2.45) is 0 Å². The highest BCUT2D eigenvalue weighted by atomic mass is 16.6. The molecule has 1 aliphatic heterocycles. The molecule has 39 heavy (non-hydrogen) atoms. The SMILES string of the molecule is COc1ccc(C(O[C@H]2C[C@H](n3ccc(N)nc3=O)O[C@@H]2CO)(c2ccccc2)c2ccc(OC)cc2)cc1. The highest BCUT2D eigenvalue weighted by molar-refractivity contribution is 5.50. The van der Waals surface area contributed by atoms with Crippen LogP contribution >= 0.6 is 0 Å².